The summed E-state index contributed by atoms with van der Waals surface area (Å²) in [5.74, 6) is -0.199. The Labute approximate surface area is 192 Å². The van der Waals surface area contributed by atoms with Crippen molar-refractivity contribution >= 4 is 75.5 Å². The maximum Gasteiger partial charge on any atom is 0.257 e. The standard InChI is InChI=1S/C21H13Cl4NO2S/c22-13-5-6-16(18(24)9-13)21(28)26-14-2-1-3-15(10-14)29-11-20(27)12-4-7-17(23)19(25)8-12/h1-10H,11H2,(H,26,28). The van der Waals surface area contributed by atoms with E-state index in [4.69, 9.17) is 46.4 Å². The molecule has 3 rings (SSSR count). The highest BCUT2D eigenvalue weighted by molar-refractivity contribution is 8.00. The second-order valence-corrected chi connectivity index (χ2v) is 8.65. The van der Waals surface area contributed by atoms with Crippen LogP contribution < -0.4 is 5.32 Å². The van der Waals surface area contributed by atoms with Crippen LogP contribution >= 0.6 is 58.2 Å². The number of amides is 1. The van der Waals surface area contributed by atoms with E-state index in [-0.39, 0.29) is 22.5 Å². The predicted octanol–water partition coefficient (Wildman–Crippen LogP) is 7.53. The van der Waals surface area contributed by atoms with E-state index in [9.17, 15) is 9.59 Å². The van der Waals surface area contributed by atoms with Crippen molar-refractivity contribution in [2.45, 2.75) is 4.90 Å². The molecule has 8 heteroatoms. The highest BCUT2D eigenvalue weighted by Gasteiger charge is 2.12. The molecule has 29 heavy (non-hydrogen) atoms. The average molecular weight is 485 g/mol. The smallest absolute Gasteiger partial charge is 0.257 e. The van der Waals surface area contributed by atoms with Crippen LogP contribution in [0.2, 0.25) is 20.1 Å². The van der Waals surface area contributed by atoms with E-state index in [0.717, 1.165) is 4.90 Å². The molecule has 0 fully saturated rings. The summed E-state index contributed by atoms with van der Waals surface area (Å²) in [5.41, 5.74) is 1.41. The van der Waals surface area contributed by atoms with Gasteiger partial charge < -0.3 is 5.32 Å². The van der Waals surface area contributed by atoms with Gasteiger partial charge in [-0.2, -0.15) is 0 Å². The second-order valence-electron chi connectivity index (χ2n) is 5.95. The average Bonchev–Trinajstić information content (AvgIpc) is 2.68. The number of carbonyl (C=O) groups excluding carboxylic acids is 2. The molecule has 0 aliphatic carbocycles. The van der Waals surface area contributed by atoms with Crippen LogP contribution in [0.1, 0.15) is 20.7 Å². The Bertz CT molecular complexity index is 1090. The van der Waals surface area contributed by atoms with Crippen LogP contribution in [-0.4, -0.2) is 17.4 Å². The minimum atomic E-state index is -0.347. The Hall–Kier alpha value is -1.69. The summed E-state index contributed by atoms with van der Waals surface area (Å²) >= 11 is 25.1. The summed E-state index contributed by atoms with van der Waals surface area (Å²) in [7, 11) is 0. The number of nitrogens with one attached hydrogen (secondary N) is 1. The van der Waals surface area contributed by atoms with Crippen molar-refractivity contribution in [1.82, 2.24) is 0 Å². The van der Waals surface area contributed by atoms with Gasteiger partial charge in [-0.1, -0.05) is 52.5 Å². The highest BCUT2D eigenvalue weighted by Crippen LogP contribution is 2.27. The van der Waals surface area contributed by atoms with Crippen molar-refractivity contribution in [2.75, 3.05) is 11.1 Å². The first-order chi connectivity index (χ1) is 13.8. The summed E-state index contributed by atoms with van der Waals surface area (Å²) in [5, 5.41) is 4.27. The molecule has 1 N–H and O–H groups in total. The van der Waals surface area contributed by atoms with Gasteiger partial charge in [-0.15, -0.1) is 11.8 Å². The van der Waals surface area contributed by atoms with Crippen molar-refractivity contribution in [3.8, 4) is 0 Å². The monoisotopic (exact) mass is 483 g/mol. The van der Waals surface area contributed by atoms with Gasteiger partial charge >= 0.3 is 0 Å². The fourth-order valence-electron chi connectivity index (χ4n) is 2.44. The molecule has 3 aromatic carbocycles. The predicted molar refractivity (Wildman–Crippen MR) is 122 cm³/mol. The molecule has 0 unspecified atom stereocenters. The number of Topliss-reactive ketones (excluding diaryl/α,β-unsaturated/α-hetero) is 1. The van der Waals surface area contributed by atoms with Gasteiger partial charge in [-0.3, -0.25) is 9.59 Å². The lowest BCUT2D eigenvalue weighted by Crippen LogP contribution is -2.12. The Morgan fingerprint density at radius 2 is 1.62 bits per heavy atom. The zero-order chi connectivity index (χ0) is 21.0. The highest BCUT2D eigenvalue weighted by atomic mass is 35.5. The molecule has 0 bridgehead atoms. The topological polar surface area (TPSA) is 46.2 Å². The van der Waals surface area contributed by atoms with E-state index in [0.29, 0.717) is 31.9 Å². The quantitative estimate of drug-likeness (QED) is 0.290. The van der Waals surface area contributed by atoms with Crippen molar-refractivity contribution < 1.29 is 9.59 Å². The van der Waals surface area contributed by atoms with E-state index in [1.807, 2.05) is 6.07 Å². The molecule has 0 radical (unpaired) electrons. The third-order valence-electron chi connectivity index (χ3n) is 3.88. The van der Waals surface area contributed by atoms with Gasteiger partial charge in [0.25, 0.3) is 5.91 Å². The maximum absolute atomic E-state index is 12.4. The number of rotatable bonds is 6. The SMILES string of the molecule is O=C(CSc1cccc(NC(=O)c2ccc(Cl)cc2Cl)c1)c1ccc(Cl)c(Cl)c1. The molecule has 0 saturated carbocycles. The maximum atomic E-state index is 12.4. The van der Waals surface area contributed by atoms with Gasteiger partial charge in [-0.05, 0) is 54.6 Å². The lowest BCUT2D eigenvalue weighted by molar-refractivity contribution is 0.101. The molecular formula is C21H13Cl4NO2S. The zero-order valence-electron chi connectivity index (χ0n) is 14.7. The molecule has 0 aromatic heterocycles. The molecule has 148 valence electrons. The first-order valence-corrected chi connectivity index (χ1v) is 10.8. The molecule has 3 aromatic rings. The van der Waals surface area contributed by atoms with E-state index in [2.05, 4.69) is 5.32 Å². The molecule has 3 nitrogen and oxygen atoms in total. The van der Waals surface area contributed by atoms with Crippen LogP contribution in [0.4, 0.5) is 5.69 Å². The zero-order valence-corrected chi connectivity index (χ0v) is 18.6. The molecule has 0 spiro atoms. The molecule has 0 atom stereocenters. The number of halogens is 4. The Kier molecular flexibility index (Phi) is 7.49. The Morgan fingerprint density at radius 3 is 2.34 bits per heavy atom. The van der Waals surface area contributed by atoms with Crippen molar-refractivity contribution in [1.29, 1.82) is 0 Å². The number of thioether (sulfide) groups is 1. The molecule has 0 saturated heterocycles. The van der Waals surface area contributed by atoms with Crippen LogP contribution in [0, 0.1) is 0 Å². The summed E-state index contributed by atoms with van der Waals surface area (Å²) in [4.78, 5) is 25.7. The van der Waals surface area contributed by atoms with Crippen LogP contribution in [0.5, 0.6) is 0 Å². The number of anilines is 1. The summed E-state index contributed by atoms with van der Waals surface area (Å²) in [6, 6.07) is 16.7. The number of hydrogen-bond donors (Lipinski definition) is 1. The largest absolute Gasteiger partial charge is 0.322 e. The first-order valence-electron chi connectivity index (χ1n) is 8.31. The van der Waals surface area contributed by atoms with Crippen molar-refractivity contribution in [3.05, 3.63) is 91.9 Å². The summed E-state index contributed by atoms with van der Waals surface area (Å²) in [6.07, 6.45) is 0. The van der Waals surface area contributed by atoms with Crippen LogP contribution in [-0.2, 0) is 0 Å². The summed E-state index contributed by atoms with van der Waals surface area (Å²) < 4.78 is 0. The van der Waals surface area contributed by atoms with Gasteiger partial charge in [0.05, 0.1) is 26.4 Å². The minimum Gasteiger partial charge on any atom is -0.322 e. The van der Waals surface area contributed by atoms with E-state index in [1.165, 1.54) is 17.8 Å². The van der Waals surface area contributed by atoms with Gasteiger partial charge in [0.15, 0.2) is 5.78 Å². The van der Waals surface area contributed by atoms with Gasteiger partial charge in [0, 0.05) is 21.2 Å². The fourth-order valence-corrected chi connectivity index (χ4v) is 4.08. The Morgan fingerprint density at radius 1 is 0.828 bits per heavy atom. The van der Waals surface area contributed by atoms with Gasteiger partial charge in [-0.25, -0.2) is 0 Å². The normalized spacial score (nSPS) is 10.6. The van der Waals surface area contributed by atoms with E-state index >= 15 is 0 Å². The van der Waals surface area contributed by atoms with E-state index < -0.39 is 0 Å². The number of hydrogen-bond acceptors (Lipinski definition) is 3. The molecule has 1 amide bonds. The minimum absolute atomic E-state index is 0.0732. The van der Waals surface area contributed by atoms with Crippen LogP contribution in [0.25, 0.3) is 0 Å². The van der Waals surface area contributed by atoms with Crippen molar-refractivity contribution in [2.24, 2.45) is 0 Å². The third kappa shape index (κ3) is 5.91. The lowest BCUT2D eigenvalue weighted by Gasteiger charge is -2.09. The molecule has 0 aliphatic rings. The van der Waals surface area contributed by atoms with Crippen molar-refractivity contribution in [3.63, 3.8) is 0 Å². The second kappa shape index (κ2) is 9.88. The number of carbonyl (C=O) groups is 2. The summed E-state index contributed by atoms with van der Waals surface area (Å²) in [6.45, 7) is 0. The number of benzene rings is 3. The van der Waals surface area contributed by atoms with Crippen LogP contribution in [0.3, 0.4) is 0 Å². The fraction of sp³-hybridized carbons (Fsp3) is 0.0476. The first kappa shape index (κ1) is 22.0. The van der Waals surface area contributed by atoms with Crippen LogP contribution in [0.15, 0.2) is 65.6 Å². The van der Waals surface area contributed by atoms with E-state index in [1.54, 1.807) is 48.5 Å². The molecule has 0 aliphatic heterocycles. The molecular weight excluding hydrogens is 472 g/mol. The van der Waals surface area contributed by atoms with Gasteiger partial charge in [0.2, 0.25) is 0 Å². The third-order valence-corrected chi connectivity index (χ3v) is 6.16. The number of ketones is 1. The lowest BCUT2D eigenvalue weighted by atomic mass is 10.1. The Balaban J connectivity index is 1.65. The van der Waals surface area contributed by atoms with Gasteiger partial charge in [0.1, 0.15) is 0 Å². The molecule has 0 heterocycles.